The van der Waals surface area contributed by atoms with Crippen LogP contribution in [-0.2, 0) is 9.73 Å². The lowest BCUT2D eigenvalue weighted by atomic mass is 10.4. The van der Waals surface area contributed by atoms with Gasteiger partial charge in [0.05, 0.1) is 14.6 Å². The molecule has 1 aromatic rings. The van der Waals surface area contributed by atoms with E-state index in [4.69, 9.17) is 0 Å². The summed E-state index contributed by atoms with van der Waals surface area (Å²) in [6.07, 6.45) is 2.62. The zero-order valence-corrected chi connectivity index (χ0v) is 10.4. The van der Waals surface area contributed by atoms with Crippen LogP contribution in [0.1, 0.15) is 26.0 Å². The van der Waals surface area contributed by atoms with E-state index in [9.17, 15) is 4.21 Å². The molecule has 0 aliphatic carbocycles. The first kappa shape index (κ1) is 12.2. The quantitative estimate of drug-likeness (QED) is 0.738. The Balaban J connectivity index is 0.000000531. The third-order valence-corrected chi connectivity index (χ3v) is 4.55. The van der Waals surface area contributed by atoms with Gasteiger partial charge < -0.3 is 0 Å². The summed E-state index contributed by atoms with van der Waals surface area (Å²) < 4.78 is 16.2. The summed E-state index contributed by atoms with van der Waals surface area (Å²) in [6.45, 7) is 6.65. The number of hydrogen-bond acceptors (Lipinski definition) is 3. The Labute approximate surface area is 92.1 Å². The molecule has 1 atom stereocenters. The molecule has 0 fully saturated rings. The highest BCUT2D eigenvalue weighted by Gasteiger charge is 2.16. The Bertz CT molecular complexity index is 417. The van der Waals surface area contributed by atoms with E-state index in [0.29, 0.717) is 5.75 Å². The molecule has 15 heavy (non-hydrogen) atoms. The molecule has 1 aliphatic rings. The van der Waals surface area contributed by atoms with Crippen LogP contribution in [0.4, 0.5) is 0 Å². The molecule has 1 aromatic heterocycles. The average molecular weight is 226 g/mol. The summed E-state index contributed by atoms with van der Waals surface area (Å²) in [5.41, 5.74) is 0.949. The van der Waals surface area contributed by atoms with Gasteiger partial charge in [-0.2, -0.15) is 0 Å². The summed E-state index contributed by atoms with van der Waals surface area (Å²) in [7, 11) is -2.09. The van der Waals surface area contributed by atoms with Crippen molar-refractivity contribution in [3.05, 3.63) is 24.0 Å². The Morgan fingerprint density at radius 1 is 1.33 bits per heavy atom. The molecule has 0 aromatic carbocycles. The van der Waals surface area contributed by atoms with Crippen molar-refractivity contribution < 1.29 is 4.21 Å². The molecule has 4 heteroatoms. The van der Waals surface area contributed by atoms with E-state index in [1.54, 1.807) is 6.20 Å². The molecule has 0 saturated carbocycles. The van der Waals surface area contributed by atoms with Crippen LogP contribution >= 0.6 is 0 Å². The molecule has 3 nitrogen and oxygen atoms in total. The van der Waals surface area contributed by atoms with Crippen LogP contribution in [0, 0.1) is 6.92 Å². The first-order valence-corrected chi connectivity index (χ1v) is 7.02. The van der Waals surface area contributed by atoms with Gasteiger partial charge in [0.25, 0.3) is 0 Å². The lowest BCUT2D eigenvalue weighted by molar-refractivity contribution is 0.678. The fraction of sp³-hybridized carbons (Fsp3) is 0.545. The summed E-state index contributed by atoms with van der Waals surface area (Å²) in [6, 6.07) is 3.76. The Hall–Kier alpha value is -0.900. The zero-order chi connectivity index (χ0) is 11.3. The third kappa shape index (κ3) is 2.78. The van der Waals surface area contributed by atoms with Crippen molar-refractivity contribution in [1.82, 2.24) is 4.98 Å². The van der Waals surface area contributed by atoms with Gasteiger partial charge in [0.1, 0.15) is 0 Å². The van der Waals surface area contributed by atoms with Crippen molar-refractivity contribution in [3.63, 3.8) is 0 Å². The van der Waals surface area contributed by atoms with Gasteiger partial charge in [0.2, 0.25) is 0 Å². The molecule has 0 saturated heterocycles. The standard InChI is InChI=1S/C9H12N2OS.C2H6/c1-8-3-4-9(7-10-8)13(12)6-2-5-11-13;1-2/h3-4,7H,2,5-6H2,1H3;1-2H3. The molecule has 0 amide bonds. The van der Waals surface area contributed by atoms with Crippen LogP contribution in [0.3, 0.4) is 0 Å². The number of aromatic nitrogens is 1. The van der Waals surface area contributed by atoms with Crippen LogP contribution in [0.25, 0.3) is 0 Å². The molecule has 84 valence electrons. The first-order chi connectivity index (χ1) is 7.21. The molecular weight excluding hydrogens is 208 g/mol. The number of nitrogens with zero attached hydrogens (tertiary/aromatic N) is 2. The third-order valence-electron chi connectivity index (χ3n) is 2.13. The molecule has 1 aliphatic heterocycles. The average Bonchev–Trinajstić information content (AvgIpc) is 2.70. The van der Waals surface area contributed by atoms with Crippen LogP contribution in [0.2, 0.25) is 0 Å². The summed E-state index contributed by atoms with van der Waals surface area (Å²) in [4.78, 5) is 4.92. The minimum Gasteiger partial charge on any atom is -0.260 e. The van der Waals surface area contributed by atoms with Crippen LogP contribution in [-0.4, -0.2) is 21.5 Å². The van der Waals surface area contributed by atoms with Crippen molar-refractivity contribution in [2.75, 3.05) is 12.3 Å². The van der Waals surface area contributed by atoms with Gasteiger partial charge in [-0.3, -0.25) is 4.98 Å². The SMILES string of the molecule is CC.Cc1ccc(S2(=O)=NCCC2)cn1. The smallest absolute Gasteiger partial charge is 0.0768 e. The van der Waals surface area contributed by atoms with Gasteiger partial charge in [-0.15, -0.1) is 0 Å². The van der Waals surface area contributed by atoms with Crippen LogP contribution in [0.15, 0.2) is 27.6 Å². The van der Waals surface area contributed by atoms with Crippen molar-refractivity contribution in [2.45, 2.75) is 32.1 Å². The lowest BCUT2D eigenvalue weighted by Gasteiger charge is -2.02. The van der Waals surface area contributed by atoms with Gasteiger partial charge in [0, 0.05) is 24.2 Å². The summed E-state index contributed by atoms with van der Waals surface area (Å²) >= 11 is 0. The van der Waals surface area contributed by atoms with Gasteiger partial charge >= 0.3 is 0 Å². The van der Waals surface area contributed by atoms with E-state index < -0.39 is 9.73 Å². The number of pyridine rings is 1. The number of hydrogen-bond donors (Lipinski definition) is 0. The van der Waals surface area contributed by atoms with E-state index >= 15 is 0 Å². The summed E-state index contributed by atoms with van der Waals surface area (Å²) in [5.74, 6) is 0.692. The highest BCUT2D eigenvalue weighted by Crippen LogP contribution is 2.18. The summed E-state index contributed by atoms with van der Waals surface area (Å²) in [5, 5.41) is 0. The topological polar surface area (TPSA) is 42.3 Å². The Morgan fingerprint density at radius 3 is 2.53 bits per heavy atom. The van der Waals surface area contributed by atoms with Crippen LogP contribution < -0.4 is 0 Å². The normalized spacial score (nSPS) is 23.9. The van der Waals surface area contributed by atoms with Gasteiger partial charge in [-0.1, -0.05) is 13.8 Å². The predicted molar refractivity (Wildman–Crippen MR) is 63.5 cm³/mol. The second-order valence-electron chi connectivity index (χ2n) is 3.19. The van der Waals surface area contributed by atoms with Gasteiger partial charge in [-0.05, 0) is 25.5 Å². The van der Waals surface area contributed by atoms with Crippen molar-refractivity contribution in [2.24, 2.45) is 4.36 Å². The van der Waals surface area contributed by atoms with Crippen molar-refractivity contribution in [1.29, 1.82) is 0 Å². The fourth-order valence-corrected chi connectivity index (χ4v) is 3.33. The molecule has 0 radical (unpaired) electrons. The maximum atomic E-state index is 12.1. The van der Waals surface area contributed by atoms with E-state index in [-0.39, 0.29) is 0 Å². The molecule has 0 spiro atoms. The minimum absolute atomic E-state index is 0.692. The Kier molecular flexibility index (Phi) is 4.27. The zero-order valence-electron chi connectivity index (χ0n) is 9.56. The molecule has 1 unspecified atom stereocenters. The fourth-order valence-electron chi connectivity index (χ4n) is 1.37. The number of rotatable bonds is 1. The first-order valence-electron chi connectivity index (χ1n) is 5.34. The van der Waals surface area contributed by atoms with E-state index in [1.165, 1.54) is 0 Å². The van der Waals surface area contributed by atoms with E-state index in [0.717, 1.165) is 23.6 Å². The predicted octanol–water partition coefficient (Wildman–Crippen LogP) is 2.65. The molecular formula is C11H18N2OS. The van der Waals surface area contributed by atoms with Crippen LogP contribution in [0.5, 0.6) is 0 Å². The molecule has 2 heterocycles. The Morgan fingerprint density at radius 2 is 2.07 bits per heavy atom. The van der Waals surface area contributed by atoms with E-state index in [1.807, 2.05) is 32.9 Å². The lowest BCUT2D eigenvalue weighted by Crippen LogP contribution is -2.01. The van der Waals surface area contributed by atoms with Crippen molar-refractivity contribution in [3.8, 4) is 0 Å². The monoisotopic (exact) mass is 226 g/mol. The number of aryl methyl sites for hydroxylation is 1. The van der Waals surface area contributed by atoms with E-state index in [2.05, 4.69) is 9.35 Å². The van der Waals surface area contributed by atoms with Crippen molar-refractivity contribution >= 4 is 9.73 Å². The maximum absolute atomic E-state index is 12.1. The highest BCUT2D eigenvalue weighted by molar-refractivity contribution is 7.93. The highest BCUT2D eigenvalue weighted by atomic mass is 32.2. The molecule has 0 N–H and O–H groups in total. The maximum Gasteiger partial charge on any atom is 0.0768 e. The second kappa shape index (κ2) is 5.26. The molecule has 0 bridgehead atoms. The largest absolute Gasteiger partial charge is 0.260 e. The minimum atomic E-state index is -2.09. The van der Waals surface area contributed by atoms with Gasteiger partial charge in [-0.25, -0.2) is 8.57 Å². The molecule has 2 rings (SSSR count). The second-order valence-corrected chi connectivity index (χ2v) is 5.60. The van der Waals surface area contributed by atoms with Gasteiger partial charge in [0.15, 0.2) is 0 Å².